The van der Waals surface area contributed by atoms with Gasteiger partial charge in [-0.15, -0.1) is 0 Å². The Labute approximate surface area is 98.1 Å². The number of benzene rings is 1. The molecule has 0 saturated carbocycles. The van der Waals surface area contributed by atoms with Crippen LogP contribution in [0.1, 0.15) is 5.56 Å². The van der Waals surface area contributed by atoms with Crippen LogP contribution in [0.15, 0.2) is 18.2 Å². The Morgan fingerprint density at radius 2 is 2.00 bits per heavy atom. The number of hydrogen-bond donors (Lipinski definition) is 0. The van der Waals surface area contributed by atoms with Gasteiger partial charge in [-0.05, 0) is 6.07 Å². The number of alkyl halides is 3. The molecule has 0 aliphatic heterocycles. The SMILES string of the molecule is O=C(Cc1ccc(Cl)cc1[N+](=O)[O-])C(F)(F)F. The minimum atomic E-state index is -5.01. The third-order valence-electron chi connectivity index (χ3n) is 1.91. The summed E-state index contributed by atoms with van der Waals surface area (Å²) in [7, 11) is 0. The van der Waals surface area contributed by atoms with E-state index in [1.165, 1.54) is 6.07 Å². The van der Waals surface area contributed by atoms with Gasteiger partial charge in [0, 0.05) is 23.1 Å². The Hall–Kier alpha value is -1.63. The van der Waals surface area contributed by atoms with Crippen molar-refractivity contribution in [3.63, 3.8) is 0 Å². The van der Waals surface area contributed by atoms with Crippen LogP contribution in [0.25, 0.3) is 0 Å². The summed E-state index contributed by atoms with van der Waals surface area (Å²) >= 11 is 5.48. The molecule has 1 aromatic carbocycles. The highest BCUT2D eigenvalue weighted by atomic mass is 35.5. The number of Topliss-reactive ketones (excluding diaryl/α,β-unsaturated/α-hetero) is 1. The quantitative estimate of drug-likeness (QED) is 0.625. The molecule has 92 valence electrons. The summed E-state index contributed by atoms with van der Waals surface area (Å²) in [6, 6.07) is 3.12. The molecule has 17 heavy (non-hydrogen) atoms. The summed E-state index contributed by atoms with van der Waals surface area (Å²) in [6.45, 7) is 0. The van der Waals surface area contributed by atoms with Crippen molar-refractivity contribution in [3.05, 3.63) is 38.9 Å². The van der Waals surface area contributed by atoms with Gasteiger partial charge in [0.05, 0.1) is 4.92 Å². The van der Waals surface area contributed by atoms with Crippen LogP contribution in [0.4, 0.5) is 18.9 Å². The van der Waals surface area contributed by atoms with Crippen LogP contribution < -0.4 is 0 Å². The minimum absolute atomic E-state index is 0.0138. The molecular weight excluding hydrogens is 263 g/mol. The van der Waals surface area contributed by atoms with E-state index < -0.39 is 29.0 Å². The molecule has 0 radical (unpaired) electrons. The van der Waals surface area contributed by atoms with Crippen LogP contribution in [0, 0.1) is 10.1 Å². The van der Waals surface area contributed by atoms with Gasteiger partial charge < -0.3 is 0 Å². The maximum atomic E-state index is 12.0. The molecule has 0 amide bonds. The molecule has 0 N–H and O–H groups in total. The van der Waals surface area contributed by atoms with E-state index in [0.717, 1.165) is 12.1 Å². The smallest absolute Gasteiger partial charge is 0.289 e. The first-order valence-corrected chi connectivity index (χ1v) is 4.62. The molecule has 0 aliphatic rings. The van der Waals surface area contributed by atoms with Gasteiger partial charge in [-0.2, -0.15) is 13.2 Å². The number of halogens is 4. The number of nitro benzene ring substituents is 1. The minimum Gasteiger partial charge on any atom is -0.289 e. The van der Waals surface area contributed by atoms with E-state index in [1.54, 1.807) is 0 Å². The standard InChI is InChI=1S/C9H5ClF3NO3/c10-6-2-1-5(7(4-6)14(16)17)3-8(15)9(11,12)13/h1-2,4H,3H2. The summed E-state index contributed by atoms with van der Waals surface area (Å²) < 4.78 is 36.0. The summed E-state index contributed by atoms with van der Waals surface area (Å²) in [5, 5.41) is 10.6. The predicted molar refractivity (Wildman–Crippen MR) is 52.9 cm³/mol. The van der Waals surface area contributed by atoms with Gasteiger partial charge >= 0.3 is 6.18 Å². The lowest BCUT2D eigenvalue weighted by atomic mass is 10.1. The van der Waals surface area contributed by atoms with Crippen molar-refractivity contribution in [2.75, 3.05) is 0 Å². The summed E-state index contributed by atoms with van der Waals surface area (Å²) in [4.78, 5) is 20.4. The van der Waals surface area contributed by atoms with Crippen LogP contribution in [-0.2, 0) is 11.2 Å². The Balaban J connectivity index is 3.07. The van der Waals surface area contributed by atoms with E-state index in [4.69, 9.17) is 11.6 Å². The lowest BCUT2D eigenvalue weighted by Crippen LogP contribution is -2.24. The van der Waals surface area contributed by atoms with Gasteiger partial charge in [-0.1, -0.05) is 17.7 Å². The molecule has 1 rings (SSSR count). The highest BCUT2D eigenvalue weighted by molar-refractivity contribution is 6.30. The van der Waals surface area contributed by atoms with E-state index in [9.17, 15) is 28.1 Å². The predicted octanol–water partition coefficient (Wildman–Crippen LogP) is 2.92. The highest BCUT2D eigenvalue weighted by Crippen LogP contribution is 2.26. The van der Waals surface area contributed by atoms with E-state index in [1.807, 2.05) is 0 Å². The summed E-state index contributed by atoms with van der Waals surface area (Å²) in [5.41, 5.74) is -0.920. The van der Waals surface area contributed by atoms with Gasteiger partial charge in [0.2, 0.25) is 5.78 Å². The van der Waals surface area contributed by atoms with Gasteiger partial charge in [0.15, 0.2) is 0 Å². The molecule has 4 nitrogen and oxygen atoms in total. The molecule has 0 unspecified atom stereocenters. The van der Waals surface area contributed by atoms with Crippen molar-refractivity contribution in [1.82, 2.24) is 0 Å². The average Bonchev–Trinajstić information content (AvgIpc) is 2.18. The third kappa shape index (κ3) is 3.42. The zero-order chi connectivity index (χ0) is 13.2. The lowest BCUT2D eigenvalue weighted by Gasteiger charge is -2.05. The average molecular weight is 268 g/mol. The third-order valence-corrected chi connectivity index (χ3v) is 2.15. The first-order valence-electron chi connectivity index (χ1n) is 4.24. The van der Waals surface area contributed by atoms with Crippen LogP contribution in [-0.4, -0.2) is 16.9 Å². The van der Waals surface area contributed by atoms with Crippen LogP contribution in [0.3, 0.4) is 0 Å². The second-order valence-corrected chi connectivity index (χ2v) is 3.56. The summed E-state index contributed by atoms with van der Waals surface area (Å²) in [5.74, 6) is -2.04. The van der Waals surface area contributed by atoms with Gasteiger partial charge in [0.25, 0.3) is 5.69 Å². The molecule has 0 aliphatic carbocycles. The fourth-order valence-corrected chi connectivity index (χ4v) is 1.30. The van der Waals surface area contributed by atoms with Crippen molar-refractivity contribution < 1.29 is 22.9 Å². The van der Waals surface area contributed by atoms with Crippen LogP contribution in [0.2, 0.25) is 5.02 Å². The fraction of sp³-hybridized carbons (Fsp3) is 0.222. The fourth-order valence-electron chi connectivity index (χ4n) is 1.13. The molecule has 0 saturated heterocycles. The first kappa shape index (κ1) is 13.4. The number of nitrogens with zero attached hydrogens (tertiary/aromatic N) is 1. The molecule has 1 aromatic rings. The number of nitro groups is 1. The van der Waals surface area contributed by atoms with Crippen LogP contribution in [0.5, 0.6) is 0 Å². The summed E-state index contributed by atoms with van der Waals surface area (Å²) in [6.07, 6.45) is -6.08. The molecule has 0 aromatic heterocycles. The van der Waals surface area contributed by atoms with Gasteiger partial charge in [-0.3, -0.25) is 14.9 Å². The van der Waals surface area contributed by atoms with E-state index in [-0.39, 0.29) is 10.6 Å². The molecule has 0 spiro atoms. The molecular formula is C9H5ClF3NO3. The normalized spacial score (nSPS) is 11.3. The zero-order valence-electron chi connectivity index (χ0n) is 8.12. The van der Waals surface area contributed by atoms with Crippen molar-refractivity contribution >= 4 is 23.1 Å². The molecule has 0 atom stereocenters. The zero-order valence-corrected chi connectivity index (χ0v) is 8.88. The van der Waals surface area contributed by atoms with E-state index in [2.05, 4.69) is 0 Å². The Morgan fingerprint density at radius 3 is 2.47 bits per heavy atom. The number of ketones is 1. The molecule has 0 heterocycles. The van der Waals surface area contributed by atoms with Crippen molar-refractivity contribution in [1.29, 1.82) is 0 Å². The largest absolute Gasteiger partial charge is 0.450 e. The van der Waals surface area contributed by atoms with Crippen LogP contribution >= 0.6 is 11.6 Å². The maximum Gasteiger partial charge on any atom is 0.450 e. The Morgan fingerprint density at radius 1 is 1.41 bits per heavy atom. The number of rotatable bonds is 3. The first-order chi connectivity index (χ1) is 7.71. The topological polar surface area (TPSA) is 60.2 Å². The highest BCUT2D eigenvalue weighted by Gasteiger charge is 2.38. The Bertz CT molecular complexity index is 473. The molecule has 0 fully saturated rings. The van der Waals surface area contributed by atoms with Crippen molar-refractivity contribution in [2.45, 2.75) is 12.6 Å². The van der Waals surface area contributed by atoms with Crippen molar-refractivity contribution in [2.24, 2.45) is 0 Å². The molecule has 0 bridgehead atoms. The van der Waals surface area contributed by atoms with E-state index >= 15 is 0 Å². The number of carbonyl (C=O) groups is 1. The van der Waals surface area contributed by atoms with E-state index in [0.29, 0.717) is 0 Å². The Kier molecular flexibility index (Phi) is 3.72. The van der Waals surface area contributed by atoms with Gasteiger partial charge in [0.1, 0.15) is 0 Å². The second kappa shape index (κ2) is 4.70. The number of carbonyl (C=O) groups excluding carboxylic acids is 1. The monoisotopic (exact) mass is 267 g/mol. The second-order valence-electron chi connectivity index (χ2n) is 3.13. The lowest BCUT2D eigenvalue weighted by molar-refractivity contribution is -0.385. The van der Waals surface area contributed by atoms with Gasteiger partial charge in [-0.25, -0.2) is 0 Å². The maximum absolute atomic E-state index is 12.0. The van der Waals surface area contributed by atoms with Crippen molar-refractivity contribution in [3.8, 4) is 0 Å². The number of hydrogen-bond acceptors (Lipinski definition) is 3. The molecule has 8 heteroatoms.